The lowest BCUT2D eigenvalue weighted by atomic mass is 10.1. The first-order valence-electron chi connectivity index (χ1n) is 6.71. The molecule has 20 heavy (non-hydrogen) atoms. The zero-order valence-corrected chi connectivity index (χ0v) is 11.9. The van der Waals surface area contributed by atoms with Gasteiger partial charge >= 0.3 is 0 Å². The Morgan fingerprint density at radius 1 is 1.20 bits per heavy atom. The van der Waals surface area contributed by atoms with Crippen molar-refractivity contribution in [2.24, 2.45) is 0 Å². The number of fused-ring (bicyclic) bond motifs is 1. The first-order valence-corrected chi connectivity index (χ1v) is 6.71. The number of anilines is 2. The lowest BCUT2D eigenvalue weighted by molar-refractivity contribution is 0.937. The summed E-state index contributed by atoms with van der Waals surface area (Å²) in [6.07, 6.45) is 2.54. The molecule has 0 bridgehead atoms. The second-order valence-electron chi connectivity index (χ2n) is 4.87. The van der Waals surface area contributed by atoms with Crippen molar-refractivity contribution in [2.75, 3.05) is 5.32 Å². The lowest BCUT2D eigenvalue weighted by Crippen LogP contribution is -2.03. The molecule has 5 heteroatoms. The number of aromatic nitrogens is 4. The quantitative estimate of drug-likeness (QED) is 0.792. The van der Waals surface area contributed by atoms with Crippen molar-refractivity contribution in [3.63, 3.8) is 0 Å². The van der Waals surface area contributed by atoms with Crippen molar-refractivity contribution in [3.05, 3.63) is 47.4 Å². The van der Waals surface area contributed by atoms with Gasteiger partial charge in [0, 0.05) is 17.4 Å². The molecule has 0 saturated carbocycles. The molecule has 0 saturated heterocycles. The van der Waals surface area contributed by atoms with Crippen LogP contribution in [0.1, 0.15) is 23.7 Å². The summed E-state index contributed by atoms with van der Waals surface area (Å²) >= 11 is 0. The predicted molar refractivity (Wildman–Crippen MR) is 79.4 cm³/mol. The normalized spacial score (nSPS) is 10.9. The van der Waals surface area contributed by atoms with Gasteiger partial charge in [0.25, 0.3) is 5.78 Å². The van der Waals surface area contributed by atoms with E-state index in [-0.39, 0.29) is 0 Å². The molecule has 0 radical (unpaired) electrons. The molecule has 0 fully saturated rings. The maximum atomic E-state index is 4.34. The van der Waals surface area contributed by atoms with Crippen LogP contribution in [0.5, 0.6) is 0 Å². The molecule has 0 aliphatic rings. The fourth-order valence-electron chi connectivity index (χ4n) is 2.30. The van der Waals surface area contributed by atoms with E-state index in [4.69, 9.17) is 0 Å². The fourth-order valence-corrected chi connectivity index (χ4v) is 2.30. The largest absolute Gasteiger partial charge is 0.340 e. The highest BCUT2D eigenvalue weighted by atomic mass is 15.3. The minimum Gasteiger partial charge on any atom is -0.340 e. The number of hydrogen-bond acceptors (Lipinski definition) is 4. The average molecular weight is 267 g/mol. The van der Waals surface area contributed by atoms with Gasteiger partial charge < -0.3 is 5.32 Å². The molecule has 3 aromatic rings. The lowest BCUT2D eigenvalue weighted by Gasteiger charge is -2.11. The first kappa shape index (κ1) is 12.6. The summed E-state index contributed by atoms with van der Waals surface area (Å²) in [5.41, 5.74) is 4.62. The summed E-state index contributed by atoms with van der Waals surface area (Å²) in [4.78, 5) is 8.47. The van der Waals surface area contributed by atoms with E-state index >= 15 is 0 Å². The SMILES string of the molecule is CCc1cc(Nc2cc(C)nc3ncnn23)ccc1C. The number of nitrogens with one attached hydrogen (secondary N) is 1. The predicted octanol–water partition coefficient (Wildman–Crippen LogP) is 3.05. The molecule has 0 amide bonds. The zero-order chi connectivity index (χ0) is 14.1. The summed E-state index contributed by atoms with van der Waals surface area (Å²) < 4.78 is 1.71. The third-order valence-corrected chi connectivity index (χ3v) is 3.38. The van der Waals surface area contributed by atoms with Crippen LogP contribution in [-0.2, 0) is 6.42 Å². The number of benzene rings is 1. The average Bonchev–Trinajstić information content (AvgIpc) is 2.89. The van der Waals surface area contributed by atoms with Gasteiger partial charge in [0.1, 0.15) is 12.1 Å². The summed E-state index contributed by atoms with van der Waals surface area (Å²) in [5.74, 6) is 1.48. The molecule has 0 aliphatic carbocycles. The van der Waals surface area contributed by atoms with E-state index in [1.165, 1.54) is 17.5 Å². The van der Waals surface area contributed by atoms with Gasteiger partial charge in [-0.05, 0) is 43.5 Å². The highest BCUT2D eigenvalue weighted by Crippen LogP contribution is 2.21. The third kappa shape index (κ3) is 2.22. The van der Waals surface area contributed by atoms with Gasteiger partial charge in [0.2, 0.25) is 0 Å². The molecule has 2 heterocycles. The molecule has 1 N–H and O–H groups in total. The third-order valence-electron chi connectivity index (χ3n) is 3.38. The monoisotopic (exact) mass is 267 g/mol. The van der Waals surface area contributed by atoms with Gasteiger partial charge in [-0.3, -0.25) is 0 Å². The Morgan fingerprint density at radius 2 is 2.05 bits per heavy atom. The van der Waals surface area contributed by atoms with E-state index in [9.17, 15) is 0 Å². The van der Waals surface area contributed by atoms with E-state index in [1.807, 2.05) is 13.0 Å². The molecular formula is C15H17N5. The van der Waals surface area contributed by atoms with E-state index in [1.54, 1.807) is 4.52 Å². The van der Waals surface area contributed by atoms with Crippen molar-refractivity contribution >= 4 is 17.3 Å². The van der Waals surface area contributed by atoms with Crippen molar-refractivity contribution in [1.29, 1.82) is 0 Å². The van der Waals surface area contributed by atoms with Gasteiger partial charge in [0.15, 0.2) is 0 Å². The smallest absolute Gasteiger partial charge is 0.254 e. The molecule has 0 aliphatic heterocycles. The Labute approximate surface area is 117 Å². The standard InChI is InChI=1S/C15H17N5/c1-4-12-8-13(6-5-10(12)2)19-14-7-11(3)18-15-16-9-17-20(14)15/h5-9,19H,4H2,1-3H3. The summed E-state index contributed by atoms with van der Waals surface area (Å²) in [7, 11) is 0. The van der Waals surface area contributed by atoms with E-state index in [0.717, 1.165) is 23.6 Å². The molecule has 0 spiro atoms. The van der Waals surface area contributed by atoms with Crippen LogP contribution in [0.15, 0.2) is 30.6 Å². The van der Waals surface area contributed by atoms with Crippen LogP contribution in [-0.4, -0.2) is 19.6 Å². The van der Waals surface area contributed by atoms with Crippen LogP contribution in [0, 0.1) is 13.8 Å². The van der Waals surface area contributed by atoms with Crippen molar-refractivity contribution in [1.82, 2.24) is 19.6 Å². The first-order chi connectivity index (χ1) is 9.67. The second kappa shape index (κ2) is 4.92. The second-order valence-corrected chi connectivity index (χ2v) is 4.87. The minimum atomic E-state index is 0.607. The molecule has 0 unspecified atom stereocenters. The van der Waals surface area contributed by atoms with Gasteiger partial charge in [-0.15, -0.1) is 0 Å². The molecular weight excluding hydrogens is 250 g/mol. The van der Waals surface area contributed by atoms with Gasteiger partial charge in [-0.1, -0.05) is 13.0 Å². The fraction of sp³-hybridized carbons (Fsp3) is 0.267. The number of rotatable bonds is 3. The summed E-state index contributed by atoms with van der Waals surface area (Å²) in [5, 5.41) is 7.59. The Kier molecular flexibility index (Phi) is 3.10. The summed E-state index contributed by atoms with van der Waals surface area (Å²) in [6.45, 7) is 6.25. The maximum absolute atomic E-state index is 4.34. The van der Waals surface area contributed by atoms with Crippen LogP contribution in [0.3, 0.4) is 0 Å². The highest BCUT2D eigenvalue weighted by Gasteiger charge is 2.06. The van der Waals surface area contributed by atoms with Crippen molar-refractivity contribution in [3.8, 4) is 0 Å². The van der Waals surface area contributed by atoms with Crippen LogP contribution >= 0.6 is 0 Å². The van der Waals surface area contributed by atoms with E-state index in [2.05, 4.69) is 52.4 Å². The van der Waals surface area contributed by atoms with Crippen molar-refractivity contribution in [2.45, 2.75) is 27.2 Å². The maximum Gasteiger partial charge on any atom is 0.254 e. The van der Waals surface area contributed by atoms with Gasteiger partial charge in [-0.2, -0.15) is 14.6 Å². The topological polar surface area (TPSA) is 55.1 Å². The van der Waals surface area contributed by atoms with Crippen LogP contribution in [0.4, 0.5) is 11.5 Å². The molecule has 3 rings (SSSR count). The van der Waals surface area contributed by atoms with E-state index in [0.29, 0.717) is 5.78 Å². The number of hydrogen-bond donors (Lipinski definition) is 1. The Morgan fingerprint density at radius 3 is 2.85 bits per heavy atom. The van der Waals surface area contributed by atoms with Crippen molar-refractivity contribution < 1.29 is 0 Å². The highest BCUT2D eigenvalue weighted by molar-refractivity contribution is 5.60. The van der Waals surface area contributed by atoms with Gasteiger partial charge in [-0.25, -0.2) is 4.98 Å². The molecule has 102 valence electrons. The number of nitrogens with zero attached hydrogens (tertiary/aromatic N) is 4. The molecule has 0 atom stereocenters. The number of aryl methyl sites for hydroxylation is 3. The Hall–Kier alpha value is -2.43. The summed E-state index contributed by atoms with van der Waals surface area (Å²) in [6, 6.07) is 8.35. The van der Waals surface area contributed by atoms with E-state index < -0.39 is 0 Å². The minimum absolute atomic E-state index is 0.607. The Bertz CT molecular complexity index is 760. The van der Waals surface area contributed by atoms with Crippen LogP contribution in [0.25, 0.3) is 5.78 Å². The Balaban J connectivity index is 2.02. The zero-order valence-electron chi connectivity index (χ0n) is 11.9. The van der Waals surface area contributed by atoms with Crippen LogP contribution in [0.2, 0.25) is 0 Å². The van der Waals surface area contributed by atoms with Gasteiger partial charge in [0.05, 0.1) is 0 Å². The molecule has 2 aromatic heterocycles. The molecule has 1 aromatic carbocycles. The van der Waals surface area contributed by atoms with Crippen LogP contribution < -0.4 is 5.32 Å². The molecule has 5 nitrogen and oxygen atoms in total.